The van der Waals surface area contributed by atoms with Crippen molar-refractivity contribution in [2.24, 2.45) is 0 Å². The first-order valence-electron chi connectivity index (χ1n) is 12.6. The number of amides is 3. The van der Waals surface area contributed by atoms with Gasteiger partial charge in [-0.1, -0.05) is 36.4 Å². The lowest BCUT2D eigenvalue weighted by atomic mass is 10.1. The van der Waals surface area contributed by atoms with E-state index in [4.69, 9.17) is 0 Å². The van der Waals surface area contributed by atoms with Gasteiger partial charge < -0.3 is 16.0 Å². The van der Waals surface area contributed by atoms with Crippen molar-refractivity contribution in [3.05, 3.63) is 131 Å². The molecule has 12 heteroatoms. The molecule has 6 nitrogen and oxygen atoms in total. The normalized spacial score (nSPS) is 11.9. The zero-order valence-electron chi connectivity index (χ0n) is 22.3. The number of carbonyl (C=O) groups is 3. The number of hydrogen-bond donors (Lipinski definition) is 3. The molecule has 0 saturated heterocycles. The highest BCUT2D eigenvalue weighted by atomic mass is 32.2. The first-order valence-corrected chi connectivity index (χ1v) is 13.5. The van der Waals surface area contributed by atoms with Gasteiger partial charge >= 0.3 is 0 Å². The van der Waals surface area contributed by atoms with Gasteiger partial charge in [0, 0.05) is 22.2 Å². The third kappa shape index (κ3) is 8.07. The van der Waals surface area contributed by atoms with Crippen LogP contribution >= 0.6 is 11.8 Å². The molecule has 1 atom stereocenters. The molecule has 0 bridgehead atoms. The summed E-state index contributed by atoms with van der Waals surface area (Å²) < 4.78 is 68.3. The molecule has 4 aromatic rings. The van der Waals surface area contributed by atoms with Gasteiger partial charge in [-0.2, -0.15) is 0 Å². The Morgan fingerprint density at radius 1 is 0.767 bits per heavy atom. The molecule has 0 aliphatic heterocycles. The molecule has 4 aromatic carbocycles. The quantitative estimate of drug-likeness (QED) is 0.0831. The van der Waals surface area contributed by atoms with E-state index in [1.807, 2.05) is 5.32 Å². The molecule has 43 heavy (non-hydrogen) atoms. The van der Waals surface area contributed by atoms with Crippen LogP contribution in [0.15, 0.2) is 95.5 Å². The number of thioether (sulfide) groups is 1. The third-order valence-electron chi connectivity index (χ3n) is 5.84. The largest absolute Gasteiger partial charge is 0.321 e. The first-order chi connectivity index (χ1) is 20.5. The van der Waals surface area contributed by atoms with Crippen LogP contribution in [0.1, 0.15) is 22.8 Å². The highest BCUT2D eigenvalue weighted by Gasteiger charge is 2.24. The maximum atomic E-state index is 14.0. The lowest BCUT2D eigenvalue weighted by Crippen LogP contribution is -2.30. The van der Waals surface area contributed by atoms with Crippen molar-refractivity contribution in [1.82, 2.24) is 5.32 Å². The lowest BCUT2D eigenvalue weighted by Gasteiger charge is -2.15. The average Bonchev–Trinajstić information content (AvgIpc) is 2.99. The van der Waals surface area contributed by atoms with E-state index < -0.39 is 57.7 Å². The van der Waals surface area contributed by atoms with E-state index in [1.54, 1.807) is 48.5 Å². The molecular formula is C31H22F5N3O3S. The van der Waals surface area contributed by atoms with Crippen LogP contribution < -0.4 is 16.0 Å². The van der Waals surface area contributed by atoms with Crippen molar-refractivity contribution in [2.75, 3.05) is 10.6 Å². The van der Waals surface area contributed by atoms with Gasteiger partial charge in [0.2, 0.25) is 5.91 Å². The predicted molar refractivity (Wildman–Crippen MR) is 154 cm³/mol. The fraction of sp³-hybridized carbons (Fsp3) is 0.0645. The van der Waals surface area contributed by atoms with Crippen LogP contribution in [0.5, 0.6) is 0 Å². The molecule has 3 N–H and O–H groups in total. The first kappa shape index (κ1) is 31.0. The average molecular weight is 612 g/mol. The second kappa shape index (κ2) is 13.8. The Morgan fingerprint density at radius 2 is 1.42 bits per heavy atom. The summed E-state index contributed by atoms with van der Waals surface area (Å²) >= 11 is 0.937. The fourth-order valence-electron chi connectivity index (χ4n) is 3.68. The zero-order valence-corrected chi connectivity index (χ0v) is 23.1. The van der Waals surface area contributed by atoms with Gasteiger partial charge in [0.25, 0.3) is 11.8 Å². The van der Waals surface area contributed by atoms with Crippen LogP contribution in [0, 0.1) is 29.1 Å². The van der Waals surface area contributed by atoms with Gasteiger partial charge in [0.1, 0.15) is 17.2 Å². The van der Waals surface area contributed by atoms with E-state index in [0.29, 0.717) is 16.0 Å². The topological polar surface area (TPSA) is 87.3 Å². The van der Waals surface area contributed by atoms with Crippen molar-refractivity contribution < 1.29 is 36.3 Å². The maximum Gasteiger partial charge on any atom is 0.272 e. The van der Waals surface area contributed by atoms with Gasteiger partial charge in [-0.3, -0.25) is 14.4 Å². The van der Waals surface area contributed by atoms with Crippen molar-refractivity contribution in [2.45, 2.75) is 17.1 Å². The van der Waals surface area contributed by atoms with Gasteiger partial charge in [-0.15, -0.1) is 11.8 Å². The Kier molecular flexibility index (Phi) is 9.94. The van der Waals surface area contributed by atoms with Crippen molar-refractivity contribution in [3.63, 3.8) is 0 Å². The highest BCUT2D eigenvalue weighted by molar-refractivity contribution is 8.00. The number of benzene rings is 4. The number of rotatable bonds is 9. The fourth-order valence-corrected chi connectivity index (χ4v) is 4.61. The van der Waals surface area contributed by atoms with E-state index >= 15 is 0 Å². The molecule has 3 amide bonds. The number of halogens is 5. The number of nitrogens with one attached hydrogen (secondary N) is 3. The summed E-state index contributed by atoms with van der Waals surface area (Å²) in [6.07, 6.45) is 1.37. The summed E-state index contributed by atoms with van der Waals surface area (Å²) in [7, 11) is 0. The molecule has 0 aliphatic carbocycles. The molecule has 1 unspecified atom stereocenters. The van der Waals surface area contributed by atoms with Crippen LogP contribution in [-0.4, -0.2) is 23.0 Å². The monoisotopic (exact) mass is 611 g/mol. The van der Waals surface area contributed by atoms with E-state index in [9.17, 15) is 36.3 Å². The molecule has 0 radical (unpaired) electrons. The maximum absolute atomic E-state index is 14.0. The number of hydrogen-bond acceptors (Lipinski definition) is 4. The number of carbonyl (C=O) groups excluding carboxylic acids is 3. The highest BCUT2D eigenvalue weighted by Crippen LogP contribution is 2.29. The molecule has 0 aliphatic rings. The summed E-state index contributed by atoms with van der Waals surface area (Å²) in [5, 5.41) is 6.09. The van der Waals surface area contributed by atoms with Crippen LogP contribution in [0.3, 0.4) is 0 Å². The van der Waals surface area contributed by atoms with E-state index in [2.05, 4.69) is 10.6 Å². The van der Waals surface area contributed by atoms with Crippen molar-refractivity contribution >= 4 is 46.9 Å². The Hall–Kier alpha value is -4.97. The molecule has 0 aromatic heterocycles. The predicted octanol–water partition coefficient (Wildman–Crippen LogP) is 6.91. The SMILES string of the molecule is CC(Sc1cccc(NC(=O)/C(=C\c2ccc(F)cc2)NC(=O)c2ccccc2)c1)C(=O)Nc1c(F)c(F)cc(F)c1F. The minimum atomic E-state index is -1.74. The Bertz CT molecular complexity index is 1670. The van der Waals surface area contributed by atoms with Gasteiger partial charge in [-0.05, 0) is 61.0 Å². The standard InChI is InChI=1S/C31H22F5N3O3S/c1-17(29(40)39-28-26(35)23(33)16-24(34)27(28)36)43-22-9-5-8-21(15-22)37-31(42)25(14-18-10-12-20(32)13-11-18)38-30(41)19-6-3-2-4-7-19/h2-17H,1H3,(H,37,42)(H,38,41)(H,39,40)/b25-14+. The summed E-state index contributed by atoms with van der Waals surface area (Å²) in [6.45, 7) is 1.40. The second-order valence-corrected chi connectivity index (χ2v) is 10.4. The summed E-state index contributed by atoms with van der Waals surface area (Å²) in [6, 6.07) is 19.7. The van der Waals surface area contributed by atoms with E-state index in [0.717, 1.165) is 11.8 Å². The molecule has 0 spiro atoms. The van der Waals surface area contributed by atoms with Crippen molar-refractivity contribution in [1.29, 1.82) is 0 Å². The van der Waals surface area contributed by atoms with Crippen LogP contribution in [0.2, 0.25) is 0 Å². The van der Waals surface area contributed by atoms with E-state index in [-0.39, 0.29) is 17.5 Å². The van der Waals surface area contributed by atoms with Crippen molar-refractivity contribution in [3.8, 4) is 0 Å². The smallest absolute Gasteiger partial charge is 0.272 e. The van der Waals surface area contributed by atoms with Gasteiger partial charge in [0.15, 0.2) is 23.3 Å². The Morgan fingerprint density at radius 3 is 2.07 bits per heavy atom. The molecule has 4 rings (SSSR count). The molecular weight excluding hydrogens is 589 g/mol. The van der Waals surface area contributed by atoms with Gasteiger partial charge in [0.05, 0.1) is 5.25 Å². The summed E-state index contributed by atoms with van der Waals surface area (Å²) in [5.74, 6) is -9.48. The minimum absolute atomic E-state index is 0.0334. The number of anilines is 2. The van der Waals surface area contributed by atoms with Gasteiger partial charge in [-0.25, -0.2) is 22.0 Å². The molecule has 0 saturated carbocycles. The minimum Gasteiger partial charge on any atom is -0.321 e. The second-order valence-electron chi connectivity index (χ2n) is 9.00. The van der Waals surface area contributed by atoms with E-state index in [1.165, 1.54) is 43.3 Å². The van der Waals surface area contributed by atoms with Crippen LogP contribution in [0.4, 0.5) is 33.3 Å². The summed E-state index contributed by atoms with van der Waals surface area (Å²) in [5.41, 5.74) is -0.376. The zero-order chi connectivity index (χ0) is 31.1. The molecule has 0 fully saturated rings. The Balaban J connectivity index is 1.49. The summed E-state index contributed by atoms with van der Waals surface area (Å²) in [4.78, 5) is 39.0. The molecule has 0 heterocycles. The van der Waals surface area contributed by atoms with Crippen LogP contribution in [0.25, 0.3) is 6.08 Å². The Labute approximate surface area is 247 Å². The van der Waals surface area contributed by atoms with Crippen LogP contribution in [-0.2, 0) is 9.59 Å². The molecule has 220 valence electrons. The third-order valence-corrected chi connectivity index (χ3v) is 6.94. The lowest BCUT2D eigenvalue weighted by molar-refractivity contribution is -0.115.